The van der Waals surface area contributed by atoms with E-state index in [2.05, 4.69) is 49.1 Å². The second kappa shape index (κ2) is 5.67. The van der Waals surface area contributed by atoms with Crippen LogP contribution in [0.4, 0.5) is 0 Å². The molecule has 0 heterocycles. The molecule has 0 radical (unpaired) electrons. The minimum atomic E-state index is 0.0534. The highest BCUT2D eigenvalue weighted by atomic mass is 15.1. The summed E-state index contributed by atoms with van der Waals surface area (Å²) in [4.78, 5) is 2.13. The Kier molecular flexibility index (Phi) is 4.52. The van der Waals surface area contributed by atoms with Crippen LogP contribution in [0.1, 0.15) is 30.5 Å². The zero-order valence-electron chi connectivity index (χ0n) is 10.6. The number of hydrogen-bond donors (Lipinski definition) is 0. The first-order valence-corrected chi connectivity index (χ1v) is 5.72. The fourth-order valence-corrected chi connectivity index (χ4v) is 2.04. The van der Waals surface area contributed by atoms with Gasteiger partial charge in [0.05, 0.1) is 18.0 Å². The lowest BCUT2D eigenvalue weighted by molar-refractivity contribution is 0.241. The second-order valence-electron chi connectivity index (χ2n) is 4.46. The zero-order valence-corrected chi connectivity index (χ0v) is 10.6. The van der Waals surface area contributed by atoms with E-state index in [1.165, 1.54) is 11.1 Å². The van der Waals surface area contributed by atoms with Crippen LogP contribution in [0.15, 0.2) is 24.3 Å². The number of nitriles is 1. The molecule has 0 fully saturated rings. The molecule has 0 aliphatic rings. The zero-order chi connectivity index (χ0) is 12.1. The largest absolute Gasteiger partial charge is 0.301 e. The number of benzene rings is 1. The van der Waals surface area contributed by atoms with Crippen molar-refractivity contribution >= 4 is 0 Å². The molecule has 0 amide bonds. The molecule has 0 aliphatic heterocycles. The van der Waals surface area contributed by atoms with Crippen molar-refractivity contribution in [2.45, 2.75) is 26.3 Å². The van der Waals surface area contributed by atoms with Crippen molar-refractivity contribution in [3.8, 4) is 6.07 Å². The van der Waals surface area contributed by atoms with Crippen LogP contribution in [0, 0.1) is 24.2 Å². The van der Waals surface area contributed by atoms with Gasteiger partial charge in [-0.2, -0.15) is 5.26 Å². The Morgan fingerprint density at radius 2 is 1.81 bits per heavy atom. The Bertz CT molecular complexity index is 359. The summed E-state index contributed by atoms with van der Waals surface area (Å²) < 4.78 is 0. The molecule has 2 nitrogen and oxygen atoms in total. The fourth-order valence-electron chi connectivity index (χ4n) is 2.04. The molecule has 1 aromatic rings. The minimum absolute atomic E-state index is 0.0534. The van der Waals surface area contributed by atoms with Crippen molar-refractivity contribution < 1.29 is 0 Å². The highest BCUT2D eigenvalue weighted by Crippen LogP contribution is 2.28. The molecule has 86 valence electrons. The van der Waals surface area contributed by atoms with Gasteiger partial charge in [0.15, 0.2) is 0 Å². The maximum Gasteiger partial charge on any atom is 0.0675 e. The average Bonchev–Trinajstić information content (AvgIpc) is 2.27. The fraction of sp³-hybridized carbons (Fsp3) is 0.500. The summed E-state index contributed by atoms with van der Waals surface area (Å²) in [6, 6.07) is 11.1. The molecule has 1 aromatic carbocycles. The second-order valence-corrected chi connectivity index (χ2v) is 4.46. The van der Waals surface area contributed by atoms with Crippen LogP contribution in [0.2, 0.25) is 0 Å². The van der Waals surface area contributed by atoms with E-state index in [1.54, 1.807) is 0 Å². The van der Waals surface area contributed by atoms with Crippen LogP contribution < -0.4 is 0 Å². The van der Waals surface area contributed by atoms with Gasteiger partial charge in [-0.3, -0.25) is 0 Å². The third kappa shape index (κ3) is 2.84. The van der Waals surface area contributed by atoms with Gasteiger partial charge in [-0.15, -0.1) is 0 Å². The van der Waals surface area contributed by atoms with Gasteiger partial charge in [0.2, 0.25) is 0 Å². The summed E-state index contributed by atoms with van der Waals surface area (Å²) in [7, 11) is 4.06. The summed E-state index contributed by atoms with van der Waals surface area (Å²) in [6.07, 6.45) is 0.882. The lowest BCUT2D eigenvalue weighted by Crippen LogP contribution is -2.26. The minimum Gasteiger partial charge on any atom is -0.301 e. The molecular formula is C14H20N2. The normalized spacial score (nSPS) is 14.5. The van der Waals surface area contributed by atoms with E-state index in [1.807, 2.05) is 14.1 Å². The van der Waals surface area contributed by atoms with Crippen LogP contribution in [0.5, 0.6) is 0 Å². The van der Waals surface area contributed by atoms with Gasteiger partial charge >= 0.3 is 0 Å². The van der Waals surface area contributed by atoms with Crippen LogP contribution in [-0.2, 0) is 0 Å². The van der Waals surface area contributed by atoms with Crippen molar-refractivity contribution in [1.82, 2.24) is 4.90 Å². The third-order valence-corrected chi connectivity index (χ3v) is 2.96. The van der Waals surface area contributed by atoms with E-state index in [0.717, 1.165) is 6.42 Å². The Labute approximate surface area is 98.5 Å². The van der Waals surface area contributed by atoms with Gasteiger partial charge in [0.25, 0.3) is 0 Å². The Hall–Kier alpha value is -1.33. The van der Waals surface area contributed by atoms with Crippen molar-refractivity contribution in [1.29, 1.82) is 5.26 Å². The van der Waals surface area contributed by atoms with Gasteiger partial charge in [-0.1, -0.05) is 36.8 Å². The predicted octanol–water partition coefficient (Wildman–Crippen LogP) is 3.15. The molecule has 0 N–H and O–H groups in total. The topological polar surface area (TPSA) is 27.0 Å². The maximum absolute atomic E-state index is 9.18. The van der Waals surface area contributed by atoms with Gasteiger partial charge in [-0.05, 0) is 33.0 Å². The van der Waals surface area contributed by atoms with E-state index in [-0.39, 0.29) is 12.0 Å². The summed E-state index contributed by atoms with van der Waals surface area (Å²) in [5, 5.41) is 9.18. The van der Waals surface area contributed by atoms with Crippen LogP contribution in [0.3, 0.4) is 0 Å². The molecule has 2 atom stereocenters. The molecule has 2 heteroatoms. The molecular weight excluding hydrogens is 196 g/mol. The van der Waals surface area contributed by atoms with Crippen LogP contribution in [-0.4, -0.2) is 19.0 Å². The molecule has 0 saturated heterocycles. The Morgan fingerprint density at radius 1 is 1.25 bits per heavy atom. The first kappa shape index (κ1) is 12.7. The van der Waals surface area contributed by atoms with Gasteiger partial charge in [0, 0.05) is 0 Å². The first-order chi connectivity index (χ1) is 7.60. The van der Waals surface area contributed by atoms with E-state index >= 15 is 0 Å². The van der Waals surface area contributed by atoms with Crippen LogP contribution in [0.25, 0.3) is 0 Å². The van der Waals surface area contributed by atoms with E-state index in [4.69, 9.17) is 0 Å². The van der Waals surface area contributed by atoms with E-state index in [9.17, 15) is 5.26 Å². The average molecular weight is 216 g/mol. The first-order valence-electron chi connectivity index (χ1n) is 5.72. The van der Waals surface area contributed by atoms with Crippen molar-refractivity contribution in [3.63, 3.8) is 0 Å². The van der Waals surface area contributed by atoms with E-state index < -0.39 is 0 Å². The predicted molar refractivity (Wildman–Crippen MR) is 67.0 cm³/mol. The number of aryl methyl sites for hydroxylation is 1. The maximum atomic E-state index is 9.18. The Balaban J connectivity index is 3.03. The SMILES string of the molecule is CCC(C#N)C(c1ccc(C)cc1)N(C)C. The quantitative estimate of drug-likeness (QED) is 0.773. The van der Waals surface area contributed by atoms with Crippen LogP contribution >= 0.6 is 0 Å². The number of nitrogens with zero attached hydrogens (tertiary/aromatic N) is 2. The lowest BCUT2D eigenvalue weighted by atomic mass is 9.91. The molecule has 1 rings (SSSR count). The monoisotopic (exact) mass is 216 g/mol. The number of hydrogen-bond acceptors (Lipinski definition) is 2. The molecule has 0 aliphatic carbocycles. The molecule has 16 heavy (non-hydrogen) atoms. The molecule has 0 aromatic heterocycles. The lowest BCUT2D eigenvalue weighted by Gasteiger charge is -2.28. The molecule has 0 bridgehead atoms. The molecule has 0 saturated carbocycles. The highest BCUT2D eigenvalue weighted by Gasteiger charge is 2.23. The van der Waals surface area contributed by atoms with E-state index in [0.29, 0.717) is 0 Å². The van der Waals surface area contributed by atoms with Gasteiger partial charge < -0.3 is 4.90 Å². The van der Waals surface area contributed by atoms with Gasteiger partial charge in [-0.25, -0.2) is 0 Å². The highest BCUT2D eigenvalue weighted by molar-refractivity contribution is 5.25. The summed E-state index contributed by atoms with van der Waals surface area (Å²) >= 11 is 0. The smallest absolute Gasteiger partial charge is 0.0675 e. The Morgan fingerprint density at radius 3 is 2.19 bits per heavy atom. The van der Waals surface area contributed by atoms with Crippen molar-refractivity contribution in [2.24, 2.45) is 5.92 Å². The summed E-state index contributed by atoms with van der Waals surface area (Å²) in [6.45, 7) is 4.15. The molecule has 0 spiro atoms. The summed E-state index contributed by atoms with van der Waals surface area (Å²) in [5.74, 6) is 0.0534. The third-order valence-electron chi connectivity index (χ3n) is 2.96. The van der Waals surface area contributed by atoms with Crippen molar-refractivity contribution in [2.75, 3.05) is 14.1 Å². The van der Waals surface area contributed by atoms with Crippen molar-refractivity contribution in [3.05, 3.63) is 35.4 Å². The molecule has 2 unspecified atom stereocenters. The van der Waals surface area contributed by atoms with Gasteiger partial charge in [0.1, 0.15) is 0 Å². The standard InChI is InChI=1S/C14H20N2/c1-5-12(10-15)14(16(3)4)13-8-6-11(2)7-9-13/h6-9,12,14H,5H2,1-4H3. The number of rotatable bonds is 4. The summed E-state index contributed by atoms with van der Waals surface area (Å²) in [5.41, 5.74) is 2.48.